The van der Waals surface area contributed by atoms with Gasteiger partial charge >= 0.3 is 6.18 Å². The maximum absolute atomic E-state index is 12.8. The van der Waals surface area contributed by atoms with Crippen LogP contribution >= 0.6 is 11.3 Å². The van der Waals surface area contributed by atoms with Gasteiger partial charge in [-0.2, -0.15) is 13.2 Å². The largest absolute Gasteiger partial charge is 0.416 e. The van der Waals surface area contributed by atoms with E-state index in [1.807, 2.05) is 12.1 Å². The third-order valence-electron chi connectivity index (χ3n) is 3.80. The second-order valence-electron chi connectivity index (χ2n) is 5.90. The van der Waals surface area contributed by atoms with Crippen molar-refractivity contribution in [2.75, 3.05) is 11.9 Å². The number of aromatic nitrogens is 2. The van der Waals surface area contributed by atoms with Crippen LogP contribution in [0.25, 0.3) is 0 Å². The predicted molar refractivity (Wildman–Crippen MR) is 102 cm³/mol. The predicted octanol–water partition coefficient (Wildman–Crippen LogP) is 3.78. The number of amides is 2. The molecule has 150 valence electrons. The zero-order valence-electron chi connectivity index (χ0n) is 14.9. The van der Waals surface area contributed by atoms with E-state index in [0.29, 0.717) is 13.0 Å². The highest BCUT2D eigenvalue weighted by Crippen LogP contribution is 2.29. The maximum Gasteiger partial charge on any atom is 0.416 e. The molecule has 0 aliphatic carbocycles. The number of hydrogen-bond acceptors (Lipinski definition) is 5. The van der Waals surface area contributed by atoms with Gasteiger partial charge in [0.15, 0.2) is 5.13 Å². The number of pyridine rings is 1. The minimum Gasteiger partial charge on any atom is -0.350 e. The molecule has 2 N–H and O–H groups in total. The van der Waals surface area contributed by atoms with Crippen molar-refractivity contribution in [2.45, 2.75) is 12.6 Å². The number of rotatable bonds is 6. The van der Waals surface area contributed by atoms with E-state index < -0.39 is 23.6 Å². The fourth-order valence-corrected chi connectivity index (χ4v) is 3.07. The van der Waals surface area contributed by atoms with E-state index in [0.717, 1.165) is 35.2 Å². The fourth-order valence-electron chi connectivity index (χ4n) is 2.38. The lowest BCUT2D eigenvalue weighted by Crippen LogP contribution is -2.26. The fraction of sp³-hybridized carbons (Fsp3) is 0.158. The molecule has 2 heterocycles. The zero-order valence-corrected chi connectivity index (χ0v) is 15.7. The molecule has 0 aliphatic rings. The molecular weight excluding hydrogens is 405 g/mol. The Balaban J connectivity index is 1.57. The van der Waals surface area contributed by atoms with Gasteiger partial charge in [-0.3, -0.25) is 19.9 Å². The van der Waals surface area contributed by atoms with E-state index in [-0.39, 0.29) is 16.4 Å². The molecule has 0 atom stereocenters. The lowest BCUT2D eigenvalue weighted by molar-refractivity contribution is -0.137. The number of anilines is 1. The van der Waals surface area contributed by atoms with Crippen molar-refractivity contribution in [3.63, 3.8) is 0 Å². The van der Waals surface area contributed by atoms with E-state index in [1.54, 1.807) is 12.3 Å². The van der Waals surface area contributed by atoms with E-state index in [2.05, 4.69) is 20.6 Å². The summed E-state index contributed by atoms with van der Waals surface area (Å²) in [5, 5.41) is 6.67. The number of benzene rings is 1. The SMILES string of the molecule is O=C(Nc1nc(C(=O)NCCc2ccccn2)cs1)c1cccc(C(F)(F)F)c1. The first-order chi connectivity index (χ1) is 13.8. The molecular formula is C19H15F3N4O2S. The monoisotopic (exact) mass is 420 g/mol. The molecule has 3 rings (SSSR count). The van der Waals surface area contributed by atoms with Crippen LogP contribution in [0.3, 0.4) is 0 Å². The van der Waals surface area contributed by atoms with Gasteiger partial charge in [0.05, 0.1) is 5.56 Å². The third kappa shape index (κ3) is 5.61. The summed E-state index contributed by atoms with van der Waals surface area (Å²) in [6.07, 6.45) is -2.33. The molecule has 2 aromatic heterocycles. The highest BCUT2D eigenvalue weighted by molar-refractivity contribution is 7.14. The number of nitrogens with one attached hydrogen (secondary N) is 2. The smallest absolute Gasteiger partial charge is 0.350 e. The standard InChI is InChI=1S/C19H15F3N4O2S/c20-19(21,22)13-5-3-4-12(10-13)16(27)26-18-25-15(11-29-18)17(28)24-9-7-14-6-1-2-8-23-14/h1-6,8,10-11H,7,9H2,(H,24,28)(H,25,26,27). The number of nitrogens with zero attached hydrogens (tertiary/aromatic N) is 2. The maximum atomic E-state index is 12.8. The minimum absolute atomic E-state index is 0.107. The van der Waals surface area contributed by atoms with E-state index >= 15 is 0 Å². The van der Waals surface area contributed by atoms with Gasteiger partial charge in [0.1, 0.15) is 5.69 Å². The number of carbonyl (C=O) groups excluding carboxylic acids is 2. The Bertz CT molecular complexity index is 1010. The van der Waals surface area contributed by atoms with Crippen LogP contribution < -0.4 is 10.6 Å². The van der Waals surface area contributed by atoms with Crippen molar-refractivity contribution >= 4 is 28.3 Å². The van der Waals surface area contributed by atoms with Crippen LogP contribution in [0.15, 0.2) is 54.0 Å². The molecule has 6 nitrogen and oxygen atoms in total. The number of carbonyl (C=O) groups is 2. The number of alkyl halides is 3. The normalized spacial score (nSPS) is 11.1. The van der Waals surface area contributed by atoms with E-state index in [1.165, 1.54) is 11.4 Å². The van der Waals surface area contributed by atoms with Gasteiger partial charge in [-0.15, -0.1) is 11.3 Å². The molecule has 10 heteroatoms. The van der Waals surface area contributed by atoms with Crippen molar-refractivity contribution in [3.05, 3.63) is 76.6 Å². The van der Waals surface area contributed by atoms with Crippen molar-refractivity contribution in [1.29, 1.82) is 0 Å². The summed E-state index contributed by atoms with van der Waals surface area (Å²) in [6.45, 7) is 0.360. The molecule has 0 saturated heterocycles. The lowest BCUT2D eigenvalue weighted by Gasteiger charge is -2.08. The lowest BCUT2D eigenvalue weighted by atomic mass is 10.1. The first kappa shape index (κ1) is 20.5. The molecule has 29 heavy (non-hydrogen) atoms. The topological polar surface area (TPSA) is 84.0 Å². The number of thiazole rings is 1. The average molecular weight is 420 g/mol. The van der Waals surface area contributed by atoms with Crippen LogP contribution in [0.5, 0.6) is 0 Å². The molecule has 0 saturated carbocycles. The summed E-state index contributed by atoms with van der Waals surface area (Å²) >= 11 is 1.00. The average Bonchev–Trinajstić information content (AvgIpc) is 3.17. The van der Waals surface area contributed by atoms with Crippen molar-refractivity contribution in [1.82, 2.24) is 15.3 Å². The quantitative estimate of drug-likeness (QED) is 0.636. The van der Waals surface area contributed by atoms with Crippen LogP contribution in [-0.4, -0.2) is 28.3 Å². The van der Waals surface area contributed by atoms with Gasteiger partial charge in [-0.25, -0.2) is 4.98 Å². The Morgan fingerprint density at radius 1 is 1.07 bits per heavy atom. The molecule has 0 aliphatic heterocycles. The molecule has 1 aromatic carbocycles. The van der Waals surface area contributed by atoms with Gasteiger partial charge < -0.3 is 5.32 Å². The third-order valence-corrected chi connectivity index (χ3v) is 4.56. The Labute approximate surface area is 167 Å². The van der Waals surface area contributed by atoms with Crippen LogP contribution in [0.1, 0.15) is 32.1 Å². The van der Waals surface area contributed by atoms with Gasteiger partial charge in [0, 0.05) is 35.8 Å². The first-order valence-electron chi connectivity index (χ1n) is 8.45. The minimum atomic E-state index is -4.54. The van der Waals surface area contributed by atoms with Crippen LogP contribution in [0, 0.1) is 0 Å². The summed E-state index contributed by atoms with van der Waals surface area (Å²) in [7, 11) is 0. The van der Waals surface area contributed by atoms with Gasteiger partial charge in [0.25, 0.3) is 11.8 Å². The summed E-state index contributed by atoms with van der Waals surface area (Å²) in [4.78, 5) is 32.5. The van der Waals surface area contributed by atoms with Gasteiger partial charge in [-0.05, 0) is 30.3 Å². The van der Waals surface area contributed by atoms with E-state index in [9.17, 15) is 22.8 Å². The molecule has 0 radical (unpaired) electrons. The molecule has 0 unspecified atom stereocenters. The Morgan fingerprint density at radius 2 is 1.90 bits per heavy atom. The summed E-state index contributed by atoms with van der Waals surface area (Å²) in [6, 6.07) is 9.55. The Kier molecular flexibility index (Phi) is 6.23. The highest BCUT2D eigenvalue weighted by Gasteiger charge is 2.31. The van der Waals surface area contributed by atoms with Crippen molar-refractivity contribution in [2.24, 2.45) is 0 Å². The van der Waals surface area contributed by atoms with Gasteiger partial charge in [0.2, 0.25) is 0 Å². The summed E-state index contributed by atoms with van der Waals surface area (Å²) < 4.78 is 38.3. The second kappa shape index (κ2) is 8.82. The molecule has 2 amide bonds. The molecule has 0 spiro atoms. The van der Waals surface area contributed by atoms with Crippen LogP contribution in [0.2, 0.25) is 0 Å². The molecule has 0 bridgehead atoms. The van der Waals surface area contributed by atoms with Gasteiger partial charge in [-0.1, -0.05) is 12.1 Å². The number of hydrogen-bond donors (Lipinski definition) is 2. The van der Waals surface area contributed by atoms with Crippen molar-refractivity contribution in [3.8, 4) is 0 Å². The van der Waals surface area contributed by atoms with Crippen molar-refractivity contribution < 1.29 is 22.8 Å². The molecule has 0 fully saturated rings. The van der Waals surface area contributed by atoms with E-state index in [4.69, 9.17) is 0 Å². The zero-order chi connectivity index (χ0) is 20.9. The first-order valence-corrected chi connectivity index (χ1v) is 9.33. The molecule has 3 aromatic rings. The number of halogens is 3. The summed E-state index contributed by atoms with van der Waals surface area (Å²) in [5.41, 5.74) is -0.135. The van der Waals surface area contributed by atoms with Crippen LogP contribution in [-0.2, 0) is 12.6 Å². The second-order valence-corrected chi connectivity index (χ2v) is 6.76. The van der Waals surface area contributed by atoms with Crippen LogP contribution in [0.4, 0.5) is 18.3 Å². The summed E-state index contributed by atoms with van der Waals surface area (Å²) in [5.74, 6) is -1.16. The Hall–Kier alpha value is -3.27. The Morgan fingerprint density at radius 3 is 2.62 bits per heavy atom. The highest BCUT2D eigenvalue weighted by atomic mass is 32.1.